The van der Waals surface area contributed by atoms with E-state index in [4.69, 9.17) is 0 Å². The molecule has 2 rings (SSSR count). The van der Waals surface area contributed by atoms with Gasteiger partial charge in [0.1, 0.15) is 0 Å². The molecule has 0 aliphatic heterocycles. The number of allylic oxidation sites excluding steroid dienone is 6. The maximum atomic E-state index is 2.46. The van der Waals surface area contributed by atoms with Crippen LogP contribution in [0.5, 0.6) is 0 Å². The van der Waals surface area contributed by atoms with E-state index in [2.05, 4.69) is 45.1 Å². The number of rotatable bonds is 0. The maximum Gasteiger partial charge on any atom is -0.00758 e. The maximum absolute atomic E-state index is 2.46. The fourth-order valence-corrected chi connectivity index (χ4v) is 2.63. The van der Waals surface area contributed by atoms with E-state index in [0.717, 1.165) is 5.92 Å². The van der Waals surface area contributed by atoms with Crippen molar-refractivity contribution in [3.05, 3.63) is 35.5 Å². The minimum absolute atomic E-state index is 0.608. The average molecular weight is 202 g/mol. The summed E-state index contributed by atoms with van der Waals surface area (Å²) < 4.78 is 0. The minimum Gasteiger partial charge on any atom is -0.0813 e. The topological polar surface area (TPSA) is 0 Å². The van der Waals surface area contributed by atoms with Crippen molar-refractivity contribution in [1.29, 1.82) is 0 Å². The molecule has 0 N–H and O–H groups in total. The number of hydrogen-bond donors (Lipinski definition) is 0. The largest absolute Gasteiger partial charge is 0.0813 e. The second-order valence-corrected chi connectivity index (χ2v) is 5.33. The van der Waals surface area contributed by atoms with Crippen LogP contribution in [0.3, 0.4) is 0 Å². The van der Waals surface area contributed by atoms with Gasteiger partial charge in [0.2, 0.25) is 0 Å². The van der Waals surface area contributed by atoms with Crippen molar-refractivity contribution in [3.63, 3.8) is 0 Å². The fraction of sp³-hybridized carbons (Fsp3) is 0.600. The van der Waals surface area contributed by atoms with Crippen LogP contribution in [-0.4, -0.2) is 0 Å². The quantitative estimate of drug-likeness (QED) is 0.507. The Morgan fingerprint density at radius 2 is 1.53 bits per heavy atom. The van der Waals surface area contributed by atoms with E-state index >= 15 is 0 Å². The predicted molar refractivity (Wildman–Crippen MR) is 66.6 cm³/mol. The highest BCUT2D eigenvalue weighted by molar-refractivity contribution is 5.36. The third-order valence-corrected chi connectivity index (χ3v) is 3.53. The third-order valence-electron chi connectivity index (χ3n) is 3.53. The molecule has 3 unspecified atom stereocenters. The van der Waals surface area contributed by atoms with Crippen LogP contribution in [-0.2, 0) is 0 Å². The first-order valence-corrected chi connectivity index (χ1v) is 6.25. The first kappa shape index (κ1) is 10.7. The highest BCUT2D eigenvalue weighted by Gasteiger charge is 2.19. The summed E-state index contributed by atoms with van der Waals surface area (Å²) in [6, 6.07) is 0. The van der Waals surface area contributed by atoms with Gasteiger partial charge in [0, 0.05) is 0 Å². The lowest BCUT2D eigenvalue weighted by atomic mass is 9.79. The Balaban J connectivity index is 2.30. The molecule has 0 heteroatoms. The molecule has 2 aliphatic carbocycles. The Kier molecular flexibility index (Phi) is 3.14. The fourth-order valence-electron chi connectivity index (χ4n) is 2.63. The first-order valence-electron chi connectivity index (χ1n) is 6.25. The van der Waals surface area contributed by atoms with Crippen LogP contribution in [0.15, 0.2) is 35.5 Å². The molecule has 2 aliphatic rings. The summed E-state index contributed by atoms with van der Waals surface area (Å²) in [5, 5.41) is 0. The third kappa shape index (κ3) is 2.62. The van der Waals surface area contributed by atoms with Gasteiger partial charge < -0.3 is 0 Å². The molecule has 0 heterocycles. The summed E-state index contributed by atoms with van der Waals surface area (Å²) in [5.41, 5.74) is 3.24. The molecular formula is C15H22. The van der Waals surface area contributed by atoms with Crippen LogP contribution < -0.4 is 0 Å². The standard InChI is InChI=1S/C15H22/c1-11-4-5-12(2)9-15-10-13(3)6-7-14(15)8-11/h4-5,8-9,11-13H,6-7,10H2,1-3H3/b5-4-,14-8-,15-9-. The summed E-state index contributed by atoms with van der Waals surface area (Å²) in [7, 11) is 0. The van der Waals surface area contributed by atoms with Gasteiger partial charge in [-0.3, -0.25) is 0 Å². The highest BCUT2D eigenvalue weighted by atomic mass is 14.2. The Morgan fingerprint density at radius 1 is 0.933 bits per heavy atom. The smallest absolute Gasteiger partial charge is 0.00758 e. The molecule has 0 spiro atoms. The molecule has 15 heavy (non-hydrogen) atoms. The molecule has 0 bridgehead atoms. The zero-order valence-corrected chi connectivity index (χ0v) is 10.2. The average Bonchev–Trinajstić information content (AvgIpc) is 2.17. The van der Waals surface area contributed by atoms with E-state index in [1.807, 2.05) is 0 Å². The van der Waals surface area contributed by atoms with E-state index in [0.29, 0.717) is 11.8 Å². The molecule has 82 valence electrons. The van der Waals surface area contributed by atoms with Gasteiger partial charge in [-0.2, -0.15) is 0 Å². The van der Waals surface area contributed by atoms with Gasteiger partial charge in [0.15, 0.2) is 0 Å². The number of fused-ring (bicyclic) bond motifs is 1. The molecule has 3 atom stereocenters. The summed E-state index contributed by atoms with van der Waals surface area (Å²) in [6.45, 7) is 6.95. The van der Waals surface area contributed by atoms with Crippen molar-refractivity contribution in [1.82, 2.24) is 0 Å². The Hall–Kier alpha value is -0.780. The lowest BCUT2D eigenvalue weighted by molar-refractivity contribution is 0.493. The molecule has 0 saturated heterocycles. The SMILES string of the molecule is CC1/C=C\C(C)/C=C2/CC(C)CC/C2=C/1. The van der Waals surface area contributed by atoms with Crippen molar-refractivity contribution >= 4 is 0 Å². The van der Waals surface area contributed by atoms with Crippen molar-refractivity contribution < 1.29 is 0 Å². The predicted octanol–water partition coefficient (Wildman–Crippen LogP) is 4.50. The summed E-state index contributed by atoms with van der Waals surface area (Å²) in [5.74, 6) is 2.09. The lowest BCUT2D eigenvalue weighted by Gasteiger charge is -2.26. The molecule has 1 saturated carbocycles. The summed E-state index contributed by atoms with van der Waals surface area (Å²) >= 11 is 0. The molecule has 0 aromatic heterocycles. The van der Waals surface area contributed by atoms with Crippen LogP contribution in [0.1, 0.15) is 40.0 Å². The van der Waals surface area contributed by atoms with Gasteiger partial charge in [0.25, 0.3) is 0 Å². The van der Waals surface area contributed by atoms with Gasteiger partial charge in [-0.05, 0) is 48.2 Å². The van der Waals surface area contributed by atoms with Crippen LogP contribution in [0.4, 0.5) is 0 Å². The van der Waals surface area contributed by atoms with E-state index in [-0.39, 0.29) is 0 Å². The minimum atomic E-state index is 0.608. The zero-order chi connectivity index (χ0) is 10.8. The van der Waals surface area contributed by atoms with Crippen molar-refractivity contribution in [2.75, 3.05) is 0 Å². The first-order chi connectivity index (χ1) is 7.15. The van der Waals surface area contributed by atoms with Crippen LogP contribution in [0.25, 0.3) is 0 Å². The second-order valence-electron chi connectivity index (χ2n) is 5.33. The Bertz CT molecular complexity index is 317. The number of hydrogen-bond acceptors (Lipinski definition) is 0. The molecule has 0 aromatic carbocycles. The lowest BCUT2D eigenvalue weighted by Crippen LogP contribution is -2.10. The monoisotopic (exact) mass is 202 g/mol. The van der Waals surface area contributed by atoms with Gasteiger partial charge in [-0.1, -0.05) is 45.1 Å². The normalized spacial score (nSPS) is 45.1. The van der Waals surface area contributed by atoms with Gasteiger partial charge >= 0.3 is 0 Å². The Labute approximate surface area is 93.8 Å². The van der Waals surface area contributed by atoms with Crippen molar-refractivity contribution in [3.8, 4) is 0 Å². The van der Waals surface area contributed by atoms with E-state index in [1.54, 1.807) is 11.1 Å². The molecule has 0 amide bonds. The van der Waals surface area contributed by atoms with Crippen LogP contribution in [0, 0.1) is 17.8 Å². The highest BCUT2D eigenvalue weighted by Crippen LogP contribution is 2.35. The molecule has 0 aromatic rings. The zero-order valence-electron chi connectivity index (χ0n) is 10.2. The summed E-state index contributed by atoms with van der Waals surface area (Å²) in [6.07, 6.45) is 13.5. The van der Waals surface area contributed by atoms with Gasteiger partial charge in [0.05, 0.1) is 0 Å². The Morgan fingerprint density at radius 3 is 2.20 bits per heavy atom. The molecule has 0 radical (unpaired) electrons. The molecule has 1 fully saturated rings. The van der Waals surface area contributed by atoms with Crippen LogP contribution >= 0.6 is 0 Å². The second kappa shape index (κ2) is 4.38. The summed E-state index contributed by atoms with van der Waals surface area (Å²) in [4.78, 5) is 0. The van der Waals surface area contributed by atoms with Gasteiger partial charge in [-0.15, -0.1) is 0 Å². The van der Waals surface area contributed by atoms with Crippen molar-refractivity contribution in [2.45, 2.75) is 40.0 Å². The van der Waals surface area contributed by atoms with Crippen LogP contribution in [0.2, 0.25) is 0 Å². The van der Waals surface area contributed by atoms with Gasteiger partial charge in [-0.25, -0.2) is 0 Å². The van der Waals surface area contributed by atoms with E-state index < -0.39 is 0 Å². The van der Waals surface area contributed by atoms with E-state index in [9.17, 15) is 0 Å². The molecular weight excluding hydrogens is 180 g/mol. The van der Waals surface area contributed by atoms with E-state index in [1.165, 1.54) is 19.3 Å². The van der Waals surface area contributed by atoms with Crippen molar-refractivity contribution in [2.24, 2.45) is 17.8 Å². The molecule has 0 nitrogen and oxygen atoms in total.